The van der Waals surface area contributed by atoms with E-state index in [2.05, 4.69) is 42.9 Å². The van der Waals surface area contributed by atoms with Crippen LogP contribution in [0.4, 0.5) is 0 Å². The van der Waals surface area contributed by atoms with Crippen LogP contribution in [0.3, 0.4) is 0 Å². The largest absolute Gasteiger partial charge is 0.103 e. The molecule has 0 spiro atoms. The maximum atomic E-state index is 3.58. The summed E-state index contributed by atoms with van der Waals surface area (Å²) in [6, 6.07) is 0. The van der Waals surface area contributed by atoms with Gasteiger partial charge in [-0.1, -0.05) is 48.4 Å². The fraction of sp³-hybridized carbons (Fsp3) is 0.600. The van der Waals surface area contributed by atoms with Gasteiger partial charge < -0.3 is 0 Å². The Labute approximate surface area is 79.5 Å². The summed E-state index contributed by atoms with van der Waals surface area (Å²) in [4.78, 5) is 0.512. The van der Waals surface area contributed by atoms with Crippen LogP contribution in [0, 0.1) is 0 Å². The number of rotatable bonds is 4. The van der Waals surface area contributed by atoms with Gasteiger partial charge in [-0.3, -0.25) is 0 Å². The summed E-state index contributed by atoms with van der Waals surface area (Å²) in [5.74, 6) is 0. The van der Waals surface area contributed by atoms with E-state index in [4.69, 9.17) is 0 Å². The van der Waals surface area contributed by atoms with Crippen molar-refractivity contribution in [2.75, 3.05) is 0 Å². The van der Waals surface area contributed by atoms with E-state index in [-0.39, 0.29) is 0 Å². The average molecular weight is 219 g/mol. The maximum absolute atomic E-state index is 3.58. The molecule has 0 aliphatic heterocycles. The van der Waals surface area contributed by atoms with Crippen LogP contribution in [-0.2, 0) is 0 Å². The zero-order valence-corrected chi connectivity index (χ0v) is 9.23. The number of allylic oxidation sites excluding steroid dienone is 2. The highest BCUT2D eigenvalue weighted by Crippen LogP contribution is 2.02. The highest BCUT2D eigenvalue weighted by molar-refractivity contribution is 9.09. The third kappa shape index (κ3) is 17.8. The van der Waals surface area contributed by atoms with Crippen molar-refractivity contribution in [3.8, 4) is 0 Å². The molecule has 66 valence electrons. The van der Waals surface area contributed by atoms with Crippen molar-refractivity contribution in [1.29, 1.82) is 0 Å². The molecule has 0 aromatic carbocycles. The molecule has 0 aromatic rings. The highest BCUT2D eigenvalue weighted by atomic mass is 79.9. The van der Waals surface area contributed by atoms with E-state index in [1.165, 1.54) is 6.42 Å². The minimum Gasteiger partial charge on any atom is -0.103 e. The molecule has 0 fully saturated rings. The summed E-state index contributed by atoms with van der Waals surface area (Å²) < 4.78 is 0. The molecule has 0 bridgehead atoms. The van der Waals surface area contributed by atoms with E-state index in [9.17, 15) is 0 Å². The number of unbranched alkanes of at least 4 members (excludes halogenated alkanes) is 1. The minimum atomic E-state index is 0.512. The highest BCUT2D eigenvalue weighted by Gasteiger charge is 1.86. The Kier molecular flexibility index (Phi) is 15.5. The zero-order valence-electron chi connectivity index (χ0n) is 7.65. The Hall–Kier alpha value is -0.0400. The Morgan fingerprint density at radius 1 is 1.36 bits per heavy atom. The van der Waals surface area contributed by atoms with E-state index < -0.39 is 0 Å². The third-order valence-electron chi connectivity index (χ3n) is 1.14. The first-order valence-corrected chi connectivity index (χ1v) is 5.01. The molecule has 0 saturated carbocycles. The Balaban J connectivity index is 0. The summed E-state index contributed by atoms with van der Waals surface area (Å²) >= 11 is 3.36. The lowest BCUT2D eigenvalue weighted by Gasteiger charge is -1.91. The second-order valence-corrected chi connectivity index (χ2v) is 3.41. The molecule has 0 aromatic heterocycles. The molecule has 0 saturated heterocycles. The molecular formula is C10H19Br. The fourth-order valence-corrected chi connectivity index (χ4v) is 0.371. The van der Waals surface area contributed by atoms with Gasteiger partial charge in [0.25, 0.3) is 0 Å². The molecule has 0 aliphatic rings. The first-order valence-electron chi connectivity index (χ1n) is 4.10. The summed E-state index contributed by atoms with van der Waals surface area (Å²) in [6.07, 6.45) is 7.33. The lowest BCUT2D eigenvalue weighted by molar-refractivity contribution is 0.961. The van der Waals surface area contributed by atoms with Gasteiger partial charge in [0.1, 0.15) is 0 Å². The van der Waals surface area contributed by atoms with Crippen molar-refractivity contribution in [3.05, 3.63) is 25.3 Å². The van der Waals surface area contributed by atoms with Crippen molar-refractivity contribution in [1.82, 2.24) is 0 Å². The van der Waals surface area contributed by atoms with Crippen LogP contribution >= 0.6 is 15.9 Å². The normalized spacial score (nSPS) is 10.8. The van der Waals surface area contributed by atoms with Gasteiger partial charge in [-0.25, -0.2) is 0 Å². The van der Waals surface area contributed by atoms with Gasteiger partial charge in [0.15, 0.2) is 0 Å². The lowest BCUT2D eigenvalue weighted by Crippen LogP contribution is -1.83. The predicted octanol–water partition coefficient (Wildman–Crippen LogP) is 4.32. The van der Waals surface area contributed by atoms with Gasteiger partial charge in [-0.15, -0.1) is 13.2 Å². The van der Waals surface area contributed by atoms with Crippen molar-refractivity contribution < 1.29 is 0 Å². The second-order valence-electron chi connectivity index (χ2n) is 2.24. The minimum absolute atomic E-state index is 0.512. The van der Waals surface area contributed by atoms with E-state index in [0.717, 1.165) is 12.8 Å². The molecule has 1 unspecified atom stereocenters. The summed E-state index contributed by atoms with van der Waals surface area (Å²) in [7, 11) is 0. The van der Waals surface area contributed by atoms with Crippen LogP contribution in [0.2, 0.25) is 0 Å². The van der Waals surface area contributed by atoms with Crippen LogP contribution in [0.15, 0.2) is 25.3 Å². The van der Waals surface area contributed by atoms with Crippen molar-refractivity contribution in [3.63, 3.8) is 0 Å². The van der Waals surface area contributed by atoms with E-state index in [1.54, 1.807) is 0 Å². The van der Waals surface area contributed by atoms with Crippen LogP contribution in [-0.4, -0.2) is 4.83 Å². The standard InChI is InChI=1S/C5H9Br.C5H10/c1-3-5(6)4-2;1-3-5-4-2/h3,5H,1,4H2,2H3;3H,1,4-5H2,2H3. The zero-order chi connectivity index (χ0) is 9.11. The SMILES string of the molecule is C=CC(Br)CC.C=CCCC. The molecule has 1 atom stereocenters. The number of hydrogen-bond acceptors (Lipinski definition) is 0. The molecule has 0 heterocycles. The second kappa shape index (κ2) is 12.6. The number of alkyl halides is 1. The summed E-state index contributed by atoms with van der Waals surface area (Å²) in [6.45, 7) is 11.4. The van der Waals surface area contributed by atoms with Crippen LogP contribution < -0.4 is 0 Å². The third-order valence-corrected chi connectivity index (χ3v) is 2.16. The van der Waals surface area contributed by atoms with Crippen molar-refractivity contribution in [2.45, 2.75) is 37.9 Å². The fourth-order valence-electron chi connectivity index (χ4n) is 0.371. The molecule has 0 radical (unpaired) electrons. The van der Waals surface area contributed by atoms with E-state index >= 15 is 0 Å². The molecule has 1 heteroatoms. The van der Waals surface area contributed by atoms with Gasteiger partial charge in [-0.05, 0) is 12.8 Å². The Morgan fingerprint density at radius 3 is 1.91 bits per heavy atom. The monoisotopic (exact) mass is 218 g/mol. The summed E-state index contributed by atoms with van der Waals surface area (Å²) in [5.41, 5.74) is 0. The summed E-state index contributed by atoms with van der Waals surface area (Å²) in [5, 5.41) is 0. The topological polar surface area (TPSA) is 0 Å². The van der Waals surface area contributed by atoms with Gasteiger partial charge >= 0.3 is 0 Å². The first kappa shape index (κ1) is 13.5. The Morgan fingerprint density at radius 2 is 1.91 bits per heavy atom. The van der Waals surface area contributed by atoms with Gasteiger partial charge in [-0.2, -0.15) is 0 Å². The van der Waals surface area contributed by atoms with E-state index in [1.807, 2.05) is 12.2 Å². The van der Waals surface area contributed by atoms with Gasteiger partial charge in [0.05, 0.1) is 0 Å². The van der Waals surface area contributed by atoms with Crippen LogP contribution in [0.1, 0.15) is 33.1 Å². The molecule has 0 nitrogen and oxygen atoms in total. The molecular weight excluding hydrogens is 200 g/mol. The van der Waals surface area contributed by atoms with Crippen LogP contribution in [0.25, 0.3) is 0 Å². The molecule has 11 heavy (non-hydrogen) atoms. The van der Waals surface area contributed by atoms with Crippen molar-refractivity contribution in [2.24, 2.45) is 0 Å². The first-order chi connectivity index (χ1) is 5.22. The van der Waals surface area contributed by atoms with Gasteiger partial charge in [0, 0.05) is 4.83 Å². The Bertz CT molecular complexity index is 86.9. The molecule has 0 aliphatic carbocycles. The number of halogens is 1. The quantitative estimate of drug-likeness (QED) is 0.488. The molecule has 0 N–H and O–H groups in total. The molecule has 0 rings (SSSR count). The lowest BCUT2D eigenvalue weighted by atomic mass is 10.3. The maximum Gasteiger partial charge on any atom is 0.0320 e. The smallest absolute Gasteiger partial charge is 0.0320 e. The van der Waals surface area contributed by atoms with E-state index in [0.29, 0.717) is 4.83 Å². The van der Waals surface area contributed by atoms with Crippen LogP contribution in [0.5, 0.6) is 0 Å². The number of hydrogen-bond donors (Lipinski definition) is 0. The van der Waals surface area contributed by atoms with Crippen molar-refractivity contribution >= 4 is 15.9 Å². The average Bonchev–Trinajstić information content (AvgIpc) is 2.06. The van der Waals surface area contributed by atoms with Gasteiger partial charge in [0.2, 0.25) is 0 Å². The molecule has 0 amide bonds. The predicted molar refractivity (Wildman–Crippen MR) is 58.3 cm³/mol.